The lowest BCUT2D eigenvalue weighted by molar-refractivity contribution is -0.141. The topological polar surface area (TPSA) is 71.4 Å². The molecule has 0 bridgehead atoms. The average Bonchev–Trinajstić information content (AvgIpc) is 3.56. The molecule has 0 spiro atoms. The van der Waals surface area contributed by atoms with Crippen LogP contribution in [0.25, 0.3) is 0 Å². The zero-order valence-corrected chi connectivity index (χ0v) is 18.1. The number of methoxy groups -OCH3 is 2. The van der Waals surface area contributed by atoms with Crippen molar-refractivity contribution in [2.75, 3.05) is 27.8 Å². The average molecular weight is 421 g/mol. The minimum absolute atomic E-state index is 0.0153. The molecule has 2 aromatic rings. The lowest BCUT2D eigenvalue weighted by Crippen LogP contribution is -2.39. The van der Waals surface area contributed by atoms with E-state index in [4.69, 9.17) is 9.47 Å². The van der Waals surface area contributed by atoms with Gasteiger partial charge >= 0.3 is 0 Å². The molecule has 2 aliphatic rings. The normalized spacial score (nSPS) is 17.8. The SMILES string of the molecule is COc1ccc(C2=NN(C(=O)CN(C)C(=O)C3CC3)C(c3ccc(OC)cc3)C2)cc1. The molecule has 2 amide bonds. The fraction of sp³-hybridized carbons (Fsp3) is 0.375. The third-order valence-electron chi connectivity index (χ3n) is 5.76. The Kier molecular flexibility index (Phi) is 5.93. The van der Waals surface area contributed by atoms with Crippen molar-refractivity contribution in [3.63, 3.8) is 0 Å². The van der Waals surface area contributed by atoms with Gasteiger partial charge in [0.1, 0.15) is 18.0 Å². The second kappa shape index (κ2) is 8.79. The highest BCUT2D eigenvalue weighted by Crippen LogP contribution is 2.34. The van der Waals surface area contributed by atoms with Crippen molar-refractivity contribution in [2.24, 2.45) is 11.0 Å². The smallest absolute Gasteiger partial charge is 0.262 e. The van der Waals surface area contributed by atoms with E-state index in [1.54, 1.807) is 21.3 Å². The van der Waals surface area contributed by atoms with Gasteiger partial charge < -0.3 is 14.4 Å². The molecule has 7 nitrogen and oxygen atoms in total. The second-order valence-corrected chi connectivity index (χ2v) is 7.98. The van der Waals surface area contributed by atoms with Gasteiger partial charge in [-0.05, 0) is 60.4 Å². The first-order valence-corrected chi connectivity index (χ1v) is 10.4. The first kappa shape index (κ1) is 20.9. The highest BCUT2D eigenvalue weighted by Gasteiger charge is 2.36. The second-order valence-electron chi connectivity index (χ2n) is 7.98. The predicted molar refractivity (Wildman–Crippen MR) is 117 cm³/mol. The maximum Gasteiger partial charge on any atom is 0.262 e. The van der Waals surface area contributed by atoms with Crippen molar-refractivity contribution in [2.45, 2.75) is 25.3 Å². The van der Waals surface area contributed by atoms with E-state index in [9.17, 15) is 9.59 Å². The monoisotopic (exact) mass is 421 g/mol. The van der Waals surface area contributed by atoms with Gasteiger partial charge in [-0.15, -0.1) is 0 Å². The molecule has 1 saturated carbocycles. The molecule has 7 heteroatoms. The number of benzene rings is 2. The number of hydrogen-bond donors (Lipinski definition) is 0. The molecule has 1 heterocycles. The maximum atomic E-state index is 13.2. The molecule has 1 fully saturated rings. The van der Waals surface area contributed by atoms with Crippen molar-refractivity contribution in [3.8, 4) is 11.5 Å². The van der Waals surface area contributed by atoms with Crippen molar-refractivity contribution in [1.82, 2.24) is 9.91 Å². The van der Waals surface area contributed by atoms with E-state index < -0.39 is 0 Å². The Morgan fingerprint density at radius 3 is 2.13 bits per heavy atom. The van der Waals surface area contributed by atoms with Crippen LogP contribution in [-0.4, -0.2) is 55.2 Å². The van der Waals surface area contributed by atoms with Gasteiger partial charge in [0.15, 0.2) is 0 Å². The number of nitrogens with zero attached hydrogens (tertiary/aromatic N) is 3. The fourth-order valence-electron chi connectivity index (χ4n) is 3.78. The van der Waals surface area contributed by atoms with Crippen molar-refractivity contribution in [3.05, 3.63) is 59.7 Å². The Morgan fingerprint density at radius 1 is 1.00 bits per heavy atom. The summed E-state index contributed by atoms with van der Waals surface area (Å²) in [6.07, 6.45) is 2.41. The zero-order valence-electron chi connectivity index (χ0n) is 18.1. The summed E-state index contributed by atoms with van der Waals surface area (Å²) in [6.45, 7) is 0.0153. The van der Waals surface area contributed by atoms with Crippen molar-refractivity contribution < 1.29 is 19.1 Å². The van der Waals surface area contributed by atoms with Gasteiger partial charge in [-0.3, -0.25) is 9.59 Å². The maximum absolute atomic E-state index is 13.2. The Bertz CT molecular complexity index is 981. The molecular formula is C24H27N3O4. The molecular weight excluding hydrogens is 394 g/mol. The minimum Gasteiger partial charge on any atom is -0.497 e. The van der Waals surface area contributed by atoms with Crippen molar-refractivity contribution in [1.29, 1.82) is 0 Å². The Hall–Kier alpha value is -3.35. The lowest BCUT2D eigenvalue weighted by atomic mass is 9.98. The quantitative estimate of drug-likeness (QED) is 0.688. The highest BCUT2D eigenvalue weighted by molar-refractivity contribution is 6.03. The summed E-state index contributed by atoms with van der Waals surface area (Å²) in [5, 5.41) is 6.20. The van der Waals surface area contributed by atoms with Crippen molar-refractivity contribution >= 4 is 17.5 Å². The molecule has 1 aliphatic carbocycles. The van der Waals surface area contributed by atoms with E-state index in [1.807, 2.05) is 48.5 Å². The Labute approximate surface area is 182 Å². The van der Waals surface area contributed by atoms with Crippen LogP contribution in [0.1, 0.15) is 36.4 Å². The van der Waals surface area contributed by atoms with E-state index in [-0.39, 0.29) is 30.3 Å². The molecule has 0 N–H and O–H groups in total. The Morgan fingerprint density at radius 2 is 1.58 bits per heavy atom. The van der Waals surface area contributed by atoms with Gasteiger partial charge in [0.2, 0.25) is 5.91 Å². The molecule has 4 rings (SSSR count). The zero-order chi connectivity index (χ0) is 22.0. The summed E-state index contributed by atoms with van der Waals surface area (Å²) < 4.78 is 10.5. The van der Waals surface area contributed by atoms with Crippen LogP contribution in [0, 0.1) is 5.92 Å². The van der Waals surface area contributed by atoms with Crippen LogP contribution < -0.4 is 9.47 Å². The molecule has 0 saturated heterocycles. The number of rotatable bonds is 7. The van der Waals surface area contributed by atoms with Crippen LogP contribution >= 0.6 is 0 Å². The first-order chi connectivity index (χ1) is 15.0. The number of carbonyl (C=O) groups excluding carboxylic acids is 2. The molecule has 31 heavy (non-hydrogen) atoms. The lowest BCUT2D eigenvalue weighted by Gasteiger charge is -2.25. The van der Waals surface area contributed by atoms with Gasteiger partial charge in [0.05, 0.1) is 26.0 Å². The van der Waals surface area contributed by atoms with Gasteiger partial charge in [-0.2, -0.15) is 5.10 Å². The summed E-state index contributed by atoms with van der Waals surface area (Å²) in [6, 6.07) is 15.1. The van der Waals surface area contributed by atoms with E-state index in [0.29, 0.717) is 6.42 Å². The van der Waals surface area contributed by atoms with Gasteiger partial charge in [0.25, 0.3) is 5.91 Å². The third kappa shape index (κ3) is 4.55. The van der Waals surface area contributed by atoms with Gasteiger partial charge in [-0.1, -0.05) is 12.1 Å². The largest absolute Gasteiger partial charge is 0.497 e. The van der Waals surface area contributed by atoms with E-state index >= 15 is 0 Å². The van der Waals surface area contributed by atoms with E-state index in [1.165, 1.54) is 9.91 Å². The summed E-state index contributed by atoms with van der Waals surface area (Å²) >= 11 is 0. The fourth-order valence-corrected chi connectivity index (χ4v) is 3.78. The molecule has 162 valence electrons. The number of carbonyl (C=O) groups is 2. The number of hydrazone groups is 1. The van der Waals surface area contributed by atoms with Gasteiger partial charge in [-0.25, -0.2) is 5.01 Å². The predicted octanol–water partition coefficient (Wildman–Crippen LogP) is 3.25. The first-order valence-electron chi connectivity index (χ1n) is 10.4. The molecule has 0 radical (unpaired) electrons. The van der Waals surface area contributed by atoms with E-state index in [0.717, 1.165) is 41.2 Å². The summed E-state index contributed by atoms with van der Waals surface area (Å²) in [5.41, 5.74) is 2.74. The number of hydrogen-bond acceptors (Lipinski definition) is 5. The number of likely N-dealkylation sites (N-methyl/N-ethyl adjacent to an activating group) is 1. The number of amides is 2. The molecule has 0 aromatic heterocycles. The van der Waals surface area contributed by atoms with Crippen LogP contribution in [0.2, 0.25) is 0 Å². The highest BCUT2D eigenvalue weighted by atomic mass is 16.5. The van der Waals surface area contributed by atoms with Crippen LogP contribution in [0.5, 0.6) is 11.5 Å². The number of ether oxygens (including phenoxy) is 2. The summed E-state index contributed by atoms with van der Waals surface area (Å²) in [4.78, 5) is 27.0. The van der Waals surface area contributed by atoms with Crippen LogP contribution in [0.4, 0.5) is 0 Å². The molecule has 1 atom stereocenters. The molecule has 1 aliphatic heterocycles. The van der Waals surface area contributed by atoms with E-state index in [2.05, 4.69) is 5.10 Å². The van der Waals surface area contributed by atoms with Crippen LogP contribution in [0.15, 0.2) is 53.6 Å². The minimum atomic E-state index is -0.236. The third-order valence-corrected chi connectivity index (χ3v) is 5.76. The van der Waals surface area contributed by atoms with Crippen LogP contribution in [-0.2, 0) is 9.59 Å². The summed E-state index contributed by atoms with van der Waals surface area (Å²) in [7, 11) is 4.94. The summed E-state index contributed by atoms with van der Waals surface area (Å²) in [5.74, 6) is 1.44. The molecule has 2 aromatic carbocycles. The molecule has 1 unspecified atom stereocenters. The Balaban J connectivity index is 1.58. The van der Waals surface area contributed by atoms with Gasteiger partial charge in [0, 0.05) is 19.4 Å². The standard InChI is InChI=1S/C24H27N3O4/c1-26(24(29)18-4-5-18)15-23(28)27-22(17-8-12-20(31-3)13-9-17)14-21(25-27)16-6-10-19(30-2)11-7-16/h6-13,18,22H,4-5,14-15H2,1-3H3. The van der Waals surface area contributed by atoms with Crippen LogP contribution in [0.3, 0.4) is 0 Å².